The molecule has 2 aliphatic heterocycles. The quantitative estimate of drug-likeness (QED) is 0.143. The molecule has 0 aliphatic carbocycles. The first kappa shape index (κ1) is 39.6. The number of nitrogens with zero attached hydrogens (tertiary/aromatic N) is 10. The van der Waals surface area contributed by atoms with E-state index in [-0.39, 0.29) is 53.6 Å². The van der Waals surface area contributed by atoms with E-state index in [1.54, 1.807) is 24.0 Å². The van der Waals surface area contributed by atoms with Crippen molar-refractivity contribution in [3.05, 3.63) is 71.4 Å². The van der Waals surface area contributed by atoms with Crippen LogP contribution in [-0.2, 0) is 26.7 Å². The standard InChI is InChI=1S/C38H44FN13O6S/c1-23(2)58-34-32(24-20-41-42-21-24)40-22-51-35(34)45-37(46-51)43-27-10-9-25(19-26(27)39)59(56,57)47(3)13-6-14-49-15-17-50(18-16-49)28-7-5-8-29-33(28)48(4)38(55)52(29)30-11-12-31(53)44-36(30)54/h5,7-10,19-23,30H,6,11-18H2,1-4H3,(H,41,42)(H,43,46)(H,44,53,54)/t30-/m0/s1. The van der Waals surface area contributed by atoms with Gasteiger partial charge in [-0.1, -0.05) is 6.07 Å². The Labute approximate surface area is 337 Å². The van der Waals surface area contributed by atoms with Gasteiger partial charge in [0.05, 0.1) is 39.6 Å². The molecule has 2 aliphatic rings. The molecular weight excluding hydrogens is 786 g/mol. The van der Waals surface area contributed by atoms with Gasteiger partial charge in [-0.3, -0.25) is 34.0 Å². The van der Waals surface area contributed by atoms with Crippen LogP contribution in [0.25, 0.3) is 27.9 Å². The van der Waals surface area contributed by atoms with E-state index in [1.165, 1.54) is 38.9 Å². The van der Waals surface area contributed by atoms with Crippen molar-refractivity contribution in [2.45, 2.75) is 50.2 Å². The number of carbonyl (C=O) groups is 2. The molecule has 6 aromatic rings. The van der Waals surface area contributed by atoms with Gasteiger partial charge in [-0.25, -0.2) is 26.9 Å². The Hall–Kier alpha value is -6.19. The van der Waals surface area contributed by atoms with E-state index in [1.807, 2.05) is 32.0 Å². The van der Waals surface area contributed by atoms with E-state index in [2.05, 4.69) is 45.7 Å². The summed E-state index contributed by atoms with van der Waals surface area (Å²) in [6, 6.07) is 8.54. The maximum Gasteiger partial charge on any atom is 0.329 e. The molecule has 0 saturated carbocycles. The lowest BCUT2D eigenvalue weighted by molar-refractivity contribution is -0.135. The largest absolute Gasteiger partial charge is 0.485 e. The third-order valence-corrected chi connectivity index (χ3v) is 12.5. The third kappa shape index (κ3) is 7.63. The minimum absolute atomic E-state index is 0.0126. The number of carbonyl (C=O) groups excluding carboxylic acids is 2. The number of H-pyrrole nitrogens is 1. The topological polar surface area (TPSA) is 210 Å². The summed E-state index contributed by atoms with van der Waals surface area (Å²) in [7, 11) is -0.838. The number of imidazole rings is 1. The molecular formula is C38H44FN13O6S. The number of anilines is 3. The van der Waals surface area contributed by atoms with E-state index in [4.69, 9.17) is 4.74 Å². The normalized spacial score (nSPS) is 16.8. The fourth-order valence-corrected chi connectivity index (χ4v) is 8.85. The summed E-state index contributed by atoms with van der Waals surface area (Å²) in [5, 5.41) is 16.3. The number of fused-ring (bicyclic) bond motifs is 2. The zero-order valence-corrected chi connectivity index (χ0v) is 33.7. The first-order chi connectivity index (χ1) is 28.3. The highest BCUT2D eigenvalue weighted by atomic mass is 32.2. The Balaban J connectivity index is 0.876. The molecule has 2 saturated heterocycles. The first-order valence-electron chi connectivity index (χ1n) is 19.2. The number of sulfonamides is 1. The highest BCUT2D eigenvalue weighted by Gasteiger charge is 2.32. The average molecular weight is 830 g/mol. The molecule has 19 nitrogen and oxygen atoms in total. The molecule has 310 valence electrons. The predicted molar refractivity (Wildman–Crippen MR) is 215 cm³/mol. The summed E-state index contributed by atoms with van der Waals surface area (Å²) in [6.45, 7) is 7.37. The monoisotopic (exact) mass is 829 g/mol. The molecule has 2 fully saturated rings. The van der Waals surface area contributed by atoms with Crippen molar-refractivity contribution in [3.8, 4) is 17.0 Å². The van der Waals surface area contributed by atoms with E-state index < -0.39 is 27.8 Å². The summed E-state index contributed by atoms with van der Waals surface area (Å²) in [5.74, 6) is -1.18. The molecule has 0 unspecified atom stereocenters. The zero-order chi connectivity index (χ0) is 41.6. The van der Waals surface area contributed by atoms with Gasteiger partial charge in [0.15, 0.2) is 5.75 Å². The number of halogens is 1. The van der Waals surface area contributed by atoms with Crippen LogP contribution in [0, 0.1) is 5.82 Å². The number of piperidine rings is 1. The molecule has 2 aromatic carbocycles. The van der Waals surface area contributed by atoms with Crippen LogP contribution in [0.3, 0.4) is 0 Å². The van der Waals surface area contributed by atoms with Crippen molar-refractivity contribution in [1.29, 1.82) is 0 Å². The van der Waals surface area contributed by atoms with Gasteiger partial charge in [0.2, 0.25) is 33.4 Å². The molecule has 4 aromatic heterocycles. The van der Waals surface area contributed by atoms with Crippen molar-refractivity contribution in [2.24, 2.45) is 7.05 Å². The lowest BCUT2D eigenvalue weighted by atomic mass is 10.1. The van der Waals surface area contributed by atoms with Gasteiger partial charge in [-0.05, 0) is 63.6 Å². The fourth-order valence-electron chi connectivity index (χ4n) is 7.63. The number of para-hydroxylation sites is 1. The van der Waals surface area contributed by atoms with Crippen LogP contribution in [-0.4, -0.2) is 121 Å². The Morgan fingerprint density at radius 3 is 2.61 bits per heavy atom. The van der Waals surface area contributed by atoms with Crippen molar-refractivity contribution >= 4 is 55.8 Å². The second-order valence-electron chi connectivity index (χ2n) is 14.9. The third-order valence-electron chi connectivity index (χ3n) is 10.6. The van der Waals surface area contributed by atoms with Crippen LogP contribution in [0.1, 0.15) is 39.2 Å². The minimum atomic E-state index is -4.00. The van der Waals surface area contributed by atoms with Gasteiger partial charge < -0.3 is 15.0 Å². The van der Waals surface area contributed by atoms with Crippen LogP contribution in [0.5, 0.6) is 5.75 Å². The molecule has 8 rings (SSSR count). The maximum absolute atomic E-state index is 15.5. The Morgan fingerprint density at radius 2 is 1.90 bits per heavy atom. The number of ether oxygens (including phenoxy) is 1. The summed E-state index contributed by atoms with van der Waals surface area (Å²) in [5.41, 5.74) is 3.45. The number of aromatic amines is 1. The van der Waals surface area contributed by atoms with Gasteiger partial charge in [-0.2, -0.15) is 14.6 Å². The van der Waals surface area contributed by atoms with Crippen molar-refractivity contribution in [1.82, 2.24) is 53.4 Å². The second-order valence-corrected chi connectivity index (χ2v) is 16.9. The fraction of sp³-hybridized carbons (Fsp3) is 0.395. The van der Waals surface area contributed by atoms with E-state index >= 15 is 4.39 Å². The number of hydrogen-bond donors (Lipinski definition) is 3. The summed E-state index contributed by atoms with van der Waals surface area (Å²) < 4.78 is 54.2. The van der Waals surface area contributed by atoms with Crippen molar-refractivity contribution in [2.75, 3.05) is 56.5 Å². The number of benzene rings is 2. The first-order valence-corrected chi connectivity index (χ1v) is 20.7. The average Bonchev–Trinajstić information content (AvgIpc) is 3.95. The van der Waals surface area contributed by atoms with Gasteiger partial charge in [0.25, 0.3) is 0 Å². The molecule has 1 atom stereocenters. The smallest absolute Gasteiger partial charge is 0.329 e. The number of aromatic nitrogens is 8. The SMILES string of the molecule is CC(C)Oc1c(-c2cn[nH]c2)ncn2nc(Nc3ccc(S(=O)(=O)N(C)CCCN4CCN(c5cccc6c5n(C)c(=O)n6[C@H]5CCC(=O)NC5=O)CC4)cc3F)nc12. The van der Waals surface area contributed by atoms with E-state index in [9.17, 15) is 22.8 Å². The van der Waals surface area contributed by atoms with Crippen LogP contribution < -0.4 is 26.0 Å². The number of hydrogen-bond acceptors (Lipinski definition) is 13. The number of rotatable bonds is 13. The number of aryl methyl sites for hydroxylation is 1. The molecule has 59 heavy (non-hydrogen) atoms. The highest BCUT2D eigenvalue weighted by Crippen LogP contribution is 2.33. The lowest BCUT2D eigenvalue weighted by Gasteiger charge is -2.36. The molecule has 6 heterocycles. The Bertz CT molecular complexity index is 2720. The van der Waals surface area contributed by atoms with Gasteiger partial charge in [0.1, 0.15) is 23.9 Å². The summed E-state index contributed by atoms with van der Waals surface area (Å²) in [4.78, 5) is 51.1. The molecule has 21 heteroatoms. The number of nitrogens with one attached hydrogen (secondary N) is 3. The van der Waals surface area contributed by atoms with Crippen LogP contribution >= 0.6 is 0 Å². The summed E-state index contributed by atoms with van der Waals surface area (Å²) in [6.07, 6.45) is 5.53. The maximum atomic E-state index is 15.5. The molecule has 0 spiro atoms. The number of piperazine rings is 1. The van der Waals surface area contributed by atoms with Crippen LogP contribution in [0.4, 0.5) is 21.7 Å². The Morgan fingerprint density at radius 1 is 1.10 bits per heavy atom. The Kier molecular flexibility index (Phi) is 10.7. The minimum Gasteiger partial charge on any atom is -0.485 e. The zero-order valence-electron chi connectivity index (χ0n) is 32.9. The number of imide groups is 1. The number of amides is 2. The van der Waals surface area contributed by atoms with Gasteiger partial charge in [-0.15, -0.1) is 5.10 Å². The van der Waals surface area contributed by atoms with E-state index in [0.717, 1.165) is 17.3 Å². The molecule has 2 amide bonds. The highest BCUT2D eigenvalue weighted by molar-refractivity contribution is 7.89. The van der Waals surface area contributed by atoms with Crippen LogP contribution in [0.15, 0.2) is 64.8 Å². The van der Waals surface area contributed by atoms with Gasteiger partial charge in [0, 0.05) is 65.0 Å². The van der Waals surface area contributed by atoms with Crippen molar-refractivity contribution < 1.29 is 27.1 Å². The van der Waals surface area contributed by atoms with Gasteiger partial charge >= 0.3 is 5.69 Å². The van der Waals surface area contributed by atoms with E-state index in [0.29, 0.717) is 67.3 Å². The second kappa shape index (κ2) is 15.9. The van der Waals surface area contributed by atoms with Crippen molar-refractivity contribution in [3.63, 3.8) is 0 Å². The molecule has 0 radical (unpaired) electrons. The molecule has 0 bridgehead atoms. The summed E-state index contributed by atoms with van der Waals surface area (Å²) >= 11 is 0. The predicted octanol–water partition coefficient (Wildman–Crippen LogP) is 2.65. The van der Waals surface area contributed by atoms with Crippen LogP contribution in [0.2, 0.25) is 0 Å². The molecule has 3 N–H and O–H groups in total. The lowest BCUT2D eigenvalue weighted by Crippen LogP contribution is -2.47.